The minimum absolute atomic E-state index is 0.128. The van der Waals surface area contributed by atoms with Crippen LogP contribution in [0.15, 0.2) is 58.8 Å². The van der Waals surface area contributed by atoms with Crippen LogP contribution in [0.2, 0.25) is 0 Å². The van der Waals surface area contributed by atoms with E-state index < -0.39 is 5.91 Å². The van der Waals surface area contributed by atoms with Crippen LogP contribution in [0.5, 0.6) is 5.75 Å². The van der Waals surface area contributed by atoms with E-state index in [1.54, 1.807) is 30.3 Å². The Balaban J connectivity index is 2.06. The fourth-order valence-electron chi connectivity index (χ4n) is 1.66. The molecule has 0 bridgehead atoms. The normalized spacial score (nSPS) is 10.6. The van der Waals surface area contributed by atoms with Crippen LogP contribution in [0.4, 0.5) is 0 Å². The smallest absolute Gasteiger partial charge is 0.307 e. The molecule has 20 heavy (non-hydrogen) atoms. The molecular weight excluding hydrogens is 256 g/mol. The maximum Gasteiger partial charge on any atom is 0.307 e. The number of aromatic hydroxyl groups is 1. The molecule has 5 nitrogen and oxygen atoms in total. The molecule has 0 fully saturated rings. The second kappa shape index (κ2) is 6.38. The van der Waals surface area contributed by atoms with Crippen LogP contribution in [0.1, 0.15) is 21.7 Å². The average Bonchev–Trinajstić information content (AvgIpc) is 2.97. The molecular formula is C15H14N2O3. The highest BCUT2D eigenvalue weighted by Gasteiger charge is 2.07. The van der Waals surface area contributed by atoms with Crippen molar-refractivity contribution in [1.29, 1.82) is 0 Å². The summed E-state index contributed by atoms with van der Waals surface area (Å²) in [4.78, 5) is 11.6. The minimum Gasteiger partial charge on any atom is -0.507 e. The lowest BCUT2D eigenvalue weighted by atomic mass is 10.1. The second-order valence-electron chi connectivity index (χ2n) is 4.02. The van der Waals surface area contributed by atoms with Crippen molar-refractivity contribution in [2.24, 2.45) is 5.10 Å². The van der Waals surface area contributed by atoms with E-state index in [0.29, 0.717) is 12.0 Å². The standard InChI is InChI=1S/C15H14N2O3/c1-2-5-11-6-3-7-12(14(11)18)10-16-17-15(19)13-8-4-9-20-13/h2-4,6-10,18H,1,5H2,(H,17,19)/b16-10+. The van der Waals surface area contributed by atoms with E-state index in [-0.39, 0.29) is 11.5 Å². The highest BCUT2D eigenvalue weighted by molar-refractivity contribution is 5.92. The van der Waals surface area contributed by atoms with Crippen molar-refractivity contribution in [2.75, 3.05) is 0 Å². The van der Waals surface area contributed by atoms with Gasteiger partial charge in [0.05, 0.1) is 12.5 Å². The molecule has 0 saturated carbocycles. The van der Waals surface area contributed by atoms with Crippen molar-refractivity contribution in [3.05, 3.63) is 66.1 Å². The first-order valence-corrected chi connectivity index (χ1v) is 6.01. The lowest BCUT2D eigenvalue weighted by Crippen LogP contribution is -2.16. The Hall–Kier alpha value is -2.82. The maximum atomic E-state index is 11.6. The van der Waals surface area contributed by atoms with Crippen LogP contribution in [0.3, 0.4) is 0 Å². The number of furan rings is 1. The Labute approximate surface area is 116 Å². The van der Waals surface area contributed by atoms with E-state index >= 15 is 0 Å². The Kier molecular flexibility index (Phi) is 4.34. The van der Waals surface area contributed by atoms with Crippen LogP contribution >= 0.6 is 0 Å². The van der Waals surface area contributed by atoms with Gasteiger partial charge >= 0.3 is 5.91 Å². The molecule has 0 aliphatic carbocycles. The number of para-hydroxylation sites is 1. The quantitative estimate of drug-likeness (QED) is 0.498. The largest absolute Gasteiger partial charge is 0.507 e. The third-order valence-corrected chi connectivity index (χ3v) is 2.63. The van der Waals surface area contributed by atoms with Gasteiger partial charge < -0.3 is 9.52 Å². The first kappa shape index (κ1) is 13.6. The molecule has 0 saturated heterocycles. The lowest BCUT2D eigenvalue weighted by molar-refractivity contribution is 0.0927. The monoisotopic (exact) mass is 270 g/mol. The molecule has 0 spiro atoms. The van der Waals surface area contributed by atoms with Gasteiger partial charge in [0.15, 0.2) is 5.76 Å². The molecule has 2 aromatic rings. The van der Waals surface area contributed by atoms with Crippen LogP contribution in [-0.2, 0) is 6.42 Å². The molecule has 2 rings (SSSR count). The summed E-state index contributed by atoms with van der Waals surface area (Å²) in [6.45, 7) is 3.63. The van der Waals surface area contributed by atoms with Crippen molar-refractivity contribution in [2.45, 2.75) is 6.42 Å². The predicted octanol–water partition coefficient (Wildman–Crippen LogP) is 2.48. The number of nitrogens with one attached hydrogen (secondary N) is 1. The highest BCUT2D eigenvalue weighted by Crippen LogP contribution is 2.21. The van der Waals surface area contributed by atoms with Gasteiger partial charge in [-0.1, -0.05) is 18.2 Å². The van der Waals surface area contributed by atoms with Gasteiger partial charge in [0.2, 0.25) is 0 Å². The number of hydrogen-bond donors (Lipinski definition) is 2. The Morgan fingerprint density at radius 1 is 1.40 bits per heavy atom. The van der Waals surface area contributed by atoms with Gasteiger partial charge in [0.25, 0.3) is 0 Å². The number of amides is 1. The number of nitrogens with zero attached hydrogens (tertiary/aromatic N) is 1. The maximum absolute atomic E-state index is 11.6. The van der Waals surface area contributed by atoms with E-state index in [0.717, 1.165) is 5.56 Å². The van der Waals surface area contributed by atoms with Crippen molar-refractivity contribution in [3.8, 4) is 5.75 Å². The van der Waals surface area contributed by atoms with Gasteiger partial charge in [-0.2, -0.15) is 5.10 Å². The number of hydrogen-bond acceptors (Lipinski definition) is 4. The van der Waals surface area contributed by atoms with Gasteiger partial charge in [-0.05, 0) is 30.2 Å². The van der Waals surface area contributed by atoms with Gasteiger partial charge in [-0.25, -0.2) is 5.43 Å². The van der Waals surface area contributed by atoms with E-state index in [1.807, 2.05) is 0 Å². The Morgan fingerprint density at radius 2 is 2.25 bits per heavy atom. The fourth-order valence-corrected chi connectivity index (χ4v) is 1.66. The average molecular weight is 270 g/mol. The van der Waals surface area contributed by atoms with Crippen LogP contribution in [0.25, 0.3) is 0 Å². The minimum atomic E-state index is -0.451. The Morgan fingerprint density at radius 3 is 2.95 bits per heavy atom. The number of benzene rings is 1. The summed E-state index contributed by atoms with van der Waals surface area (Å²) in [5, 5.41) is 13.8. The number of phenols is 1. The summed E-state index contributed by atoms with van der Waals surface area (Å²) in [6.07, 6.45) is 5.05. The molecule has 5 heteroatoms. The zero-order valence-corrected chi connectivity index (χ0v) is 10.7. The number of carbonyl (C=O) groups excluding carboxylic acids is 1. The molecule has 0 aliphatic heterocycles. The van der Waals surface area contributed by atoms with E-state index in [9.17, 15) is 9.90 Å². The van der Waals surface area contributed by atoms with Crippen molar-refractivity contribution < 1.29 is 14.3 Å². The van der Waals surface area contributed by atoms with Crippen molar-refractivity contribution >= 4 is 12.1 Å². The van der Waals surface area contributed by atoms with Crippen molar-refractivity contribution in [1.82, 2.24) is 5.43 Å². The summed E-state index contributed by atoms with van der Waals surface area (Å²) in [6, 6.07) is 8.45. The van der Waals surface area contributed by atoms with Crippen LogP contribution in [0, 0.1) is 0 Å². The third kappa shape index (κ3) is 3.14. The van der Waals surface area contributed by atoms with E-state index in [4.69, 9.17) is 4.42 Å². The van der Waals surface area contributed by atoms with Gasteiger partial charge in [0, 0.05) is 5.56 Å². The summed E-state index contributed by atoms with van der Waals surface area (Å²) < 4.78 is 4.93. The SMILES string of the molecule is C=CCc1cccc(/C=N/NC(=O)c2ccco2)c1O. The zero-order valence-electron chi connectivity index (χ0n) is 10.7. The molecule has 0 aliphatic rings. The summed E-state index contributed by atoms with van der Waals surface area (Å²) in [5.74, 6) is -0.150. The van der Waals surface area contributed by atoms with Gasteiger partial charge in [-0.3, -0.25) is 4.79 Å². The van der Waals surface area contributed by atoms with E-state index in [2.05, 4.69) is 17.1 Å². The van der Waals surface area contributed by atoms with Crippen LogP contribution in [-0.4, -0.2) is 17.2 Å². The number of phenolic OH excluding ortho intramolecular Hbond substituents is 1. The predicted molar refractivity (Wildman–Crippen MR) is 75.8 cm³/mol. The summed E-state index contributed by atoms with van der Waals surface area (Å²) >= 11 is 0. The molecule has 1 heterocycles. The van der Waals surface area contributed by atoms with Gasteiger partial charge in [0.1, 0.15) is 5.75 Å². The highest BCUT2D eigenvalue weighted by atomic mass is 16.3. The summed E-state index contributed by atoms with van der Waals surface area (Å²) in [5.41, 5.74) is 3.59. The number of rotatable bonds is 5. The molecule has 1 aromatic heterocycles. The number of hydrazone groups is 1. The molecule has 0 atom stereocenters. The molecule has 0 radical (unpaired) electrons. The third-order valence-electron chi connectivity index (χ3n) is 2.63. The summed E-state index contributed by atoms with van der Waals surface area (Å²) in [7, 11) is 0. The van der Waals surface area contributed by atoms with Crippen molar-refractivity contribution in [3.63, 3.8) is 0 Å². The van der Waals surface area contributed by atoms with Crippen LogP contribution < -0.4 is 5.43 Å². The fraction of sp³-hybridized carbons (Fsp3) is 0.0667. The molecule has 2 N–H and O–H groups in total. The second-order valence-corrected chi connectivity index (χ2v) is 4.02. The number of allylic oxidation sites excluding steroid dienone is 1. The first-order valence-electron chi connectivity index (χ1n) is 6.01. The van der Waals surface area contributed by atoms with E-state index in [1.165, 1.54) is 18.5 Å². The molecule has 1 aromatic carbocycles. The number of carbonyl (C=O) groups is 1. The Bertz CT molecular complexity index is 631. The molecule has 102 valence electrons. The molecule has 1 amide bonds. The lowest BCUT2D eigenvalue weighted by Gasteiger charge is -2.04. The first-order chi connectivity index (χ1) is 9.72. The topological polar surface area (TPSA) is 74.8 Å². The molecule has 0 unspecified atom stereocenters. The zero-order chi connectivity index (χ0) is 14.4. The van der Waals surface area contributed by atoms with Gasteiger partial charge in [-0.15, -0.1) is 6.58 Å².